The molecule has 20 heavy (non-hydrogen) atoms. The summed E-state index contributed by atoms with van der Waals surface area (Å²) in [6, 6.07) is 0.147. The standard InChI is InChI=1S/C15H26N2O3/c18-14(6-4-12-8-9-16-11-12)17-10-2-1-3-13(17)5-7-15(19)20/h12-13,16H,1-11H2,(H,19,20). The van der Waals surface area contributed by atoms with Gasteiger partial charge in [-0.1, -0.05) is 0 Å². The number of piperidine rings is 1. The van der Waals surface area contributed by atoms with Gasteiger partial charge >= 0.3 is 5.97 Å². The molecule has 0 aromatic heterocycles. The second kappa shape index (κ2) is 7.62. The fraction of sp³-hybridized carbons (Fsp3) is 0.867. The van der Waals surface area contributed by atoms with Crippen molar-refractivity contribution in [1.29, 1.82) is 0 Å². The lowest BCUT2D eigenvalue weighted by Gasteiger charge is -2.36. The first kappa shape index (κ1) is 15.3. The number of likely N-dealkylation sites (tertiary alicyclic amines) is 1. The van der Waals surface area contributed by atoms with Gasteiger partial charge in [-0.2, -0.15) is 0 Å². The minimum atomic E-state index is -0.764. The smallest absolute Gasteiger partial charge is 0.303 e. The molecule has 2 saturated heterocycles. The third-order valence-corrected chi connectivity index (χ3v) is 4.57. The van der Waals surface area contributed by atoms with Gasteiger partial charge in [0, 0.05) is 25.4 Å². The molecule has 0 radical (unpaired) electrons. The summed E-state index contributed by atoms with van der Waals surface area (Å²) in [6.45, 7) is 2.92. The summed E-state index contributed by atoms with van der Waals surface area (Å²) in [5.74, 6) is 0.105. The first-order chi connectivity index (χ1) is 9.66. The summed E-state index contributed by atoms with van der Waals surface area (Å²) in [6.07, 6.45) is 6.66. The van der Waals surface area contributed by atoms with Gasteiger partial charge in [0.05, 0.1) is 0 Å². The van der Waals surface area contributed by atoms with E-state index < -0.39 is 5.97 Å². The van der Waals surface area contributed by atoms with Gasteiger partial charge in [0.15, 0.2) is 0 Å². The zero-order valence-corrected chi connectivity index (χ0v) is 12.1. The molecule has 2 aliphatic heterocycles. The Morgan fingerprint density at radius 1 is 1.15 bits per heavy atom. The average molecular weight is 282 g/mol. The molecule has 114 valence electrons. The van der Waals surface area contributed by atoms with Crippen LogP contribution in [0.5, 0.6) is 0 Å². The van der Waals surface area contributed by atoms with Crippen LogP contribution in [0.25, 0.3) is 0 Å². The normalized spacial score (nSPS) is 26.7. The molecule has 2 rings (SSSR count). The zero-order chi connectivity index (χ0) is 14.4. The Kier molecular flexibility index (Phi) is 5.83. The number of carbonyl (C=O) groups excluding carboxylic acids is 1. The first-order valence-corrected chi connectivity index (χ1v) is 7.89. The minimum absolute atomic E-state index is 0.147. The highest BCUT2D eigenvalue weighted by molar-refractivity contribution is 5.76. The zero-order valence-electron chi connectivity index (χ0n) is 12.1. The number of hydrogen-bond donors (Lipinski definition) is 2. The van der Waals surface area contributed by atoms with Crippen LogP contribution in [-0.4, -0.2) is 47.6 Å². The number of carboxylic acid groups (broad SMARTS) is 1. The summed E-state index contributed by atoms with van der Waals surface area (Å²) in [7, 11) is 0. The van der Waals surface area contributed by atoms with Crippen molar-refractivity contribution in [3.63, 3.8) is 0 Å². The lowest BCUT2D eigenvalue weighted by atomic mass is 9.96. The van der Waals surface area contributed by atoms with E-state index in [1.807, 2.05) is 4.90 Å². The van der Waals surface area contributed by atoms with E-state index in [9.17, 15) is 9.59 Å². The monoisotopic (exact) mass is 282 g/mol. The molecule has 5 heteroatoms. The molecule has 5 nitrogen and oxygen atoms in total. The Bertz CT molecular complexity index is 340. The van der Waals surface area contributed by atoms with E-state index in [4.69, 9.17) is 5.11 Å². The van der Waals surface area contributed by atoms with Gasteiger partial charge in [-0.05, 0) is 57.5 Å². The van der Waals surface area contributed by atoms with Crippen molar-refractivity contribution in [2.24, 2.45) is 5.92 Å². The van der Waals surface area contributed by atoms with Crippen molar-refractivity contribution in [3.8, 4) is 0 Å². The van der Waals surface area contributed by atoms with Crippen molar-refractivity contribution in [3.05, 3.63) is 0 Å². The van der Waals surface area contributed by atoms with Gasteiger partial charge in [0.1, 0.15) is 0 Å². The summed E-state index contributed by atoms with van der Waals surface area (Å²) < 4.78 is 0. The maximum atomic E-state index is 12.4. The number of aliphatic carboxylic acids is 1. The van der Waals surface area contributed by atoms with E-state index in [-0.39, 0.29) is 18.4 Å². The van der Waals surface area contributed by atoms with E-state index >= 15 is 0 Å². The van der Waals surface area contributed by atoms with Crippen molar-refractivity contribution < 1.29 is 14.7 Å². The fourth-order valence-electron chi connectivity index (χ4n) is 3.35. The van der Waals surface area contributed by atoms with Gasteiger partial charge < -0.3 is 15.3 Å². The number of hydrogen-bond acceptors (Lipinski definition) is 3. The Balaban J connectivity index is 1.79. The van der Waals surface area contributed by atoms with Gasteiger partial charge in [0.2, 0.25) is 5.91 Å². The van der Waals surface area contributed by atoms with Crippen molar-refractivity contribution in [2.75, 3.05) is 19.6 Å². The molecule has 2 aliphatic rings. The molecule has 0 aromatic rings. The number of carboxylic acids is 1. The molecule has 2 atom stereocenters. The van der Waals surface area contributed by atoms with Crippen molar-refractivity contribution >= 4 is 11.9 Å². The van der Waals surface area contributed by atoms with Crippen LogP contribution in [0.2, 0.25) is 0 Å². The van der Waals surface area contributed by atoms with Gasteiger partial charge in [-0.25, -0.2) is 0 Å². The maximum absolute atomic E-state index is 12.4. The number of carbonyl (C=O) groups is 2. The highest BCUT2D eigenvalue weighted by atomic mass is 16.4. The SMILES string of the molecule is O=C(O)CCC1CCCCN1C(=O)CCC1CCNC1. The highest BCUT2D eigenvalue weighted by Crippen LogP contribution is 2.23. The van der Waals surface area contributed by atoms with E-state index in [0.29, 0.717) is 18.8 Å². The van der Waals surface area contributed by atoms with Crippen LogP contribution in [0.4, 0.5) is 0 Å². The molecule has 2 heterocycles. The summed E-state index contributed by atoms with van der Waals surface area (Å²) in [5, 5.41) is 12.1. The maximum Gasteiger partial charge on any atom is 0.303 e. The Labute approximate surface area is 120 Å². The molecule has 0 aliphatic carbocycles. The highest BCUT2D eigenvalue weighted by Gasteiger charge is 2.27. The summed E-state index contributed by atoms with van der Waals surface area (Å²) in [4.78, 5) is 25.0. The lowest BCUT2D eigenvalue weighted by molar-refractivity contribution is -0.140. The van der Waals surface area contributed by atoms with Crippen LogP contribution < -0.4 is 5.32 Å². The molecule has 0 aromatic carbocycles. The first-order valence-electron chi connectivity index (χ1n) is 7.89. The molecule has 0 saturated carbocycles. The molecule has 2 N–H and O–H groups in total. The molecule has 2 fully saturated rings. The number of amides is 1. The average Bonchev–Trinajstić information content (AvgIpc) is 2.96. The van der Waals surface area contributed by atoms with Crippen molar-refractivity contribution in [1.82, 2.24) is 10.2 Å². The van der Waals surface area contributed by atoms with E-state index in [1.54, 1.807) is 0 Å². The van der Waals surface area contributed by atoms with E-state index in [2.05, 4.69) is 5.32 Å². The van der Waals surface area contributed by atoms with Crippen LogP contribution >= 0.6 is 0 Å². The molecular weight excluding hydrogens is 256 g/mol. The Morgan fingerprint density at radius 3 is 2.70 bits per heavy atom. The van der Waals surface area contributed by atoms with Crippen LogP contribution in [0.15, 0.2) is 0 Å². The number of nitrogens with zero attached hydrogens (tertiary/aromatic N) is 1. The molecular formula is C15H26N2O3. The topological polar surface area (TPSA) is 69.6 Å². The molecule has 1 amide bonds. The lowest BCUT2D eigenvalue weighted by Crippen LogP contribution is -2.44. The molecule has 2 unspecified atom stereocenters. The number of nitrogens with one attached hydrogen (secondary N) is 1. The predicted molar refractivity (Wildman–Crippen MR) is 76.4 cm³/mol. The largest absolute Gasteiger partial charge is 0.481 e. The van der Waals surface area contributed by atoms with Gasteiger partial charge in [0.25, 0.3) is 0 Å². The minimum Gasteiger partial charge on any atom is -0.481 e. The Morgan fingerprint density at radius 2 is 2.00 bits per heavy atom. The fourth-order valence-corrected chi connectivity index (χ4v) is 3.35. The Hall–Kier alpha value is -1.10. The van der Waals surface area contributed by atoms with E-state index in [1.165, 1.54) is 6.42 Å². The predicted octanol–water partition coefficient (Wildman–Crippen LogP) is 1.62. The quantitative estimate of drug-likeness (QED) is 0.777. The van der Waals surface area contributed by atoms with Crippen LogP contribution in [0.1, 0.15) is 51.4 Å². The van der Waals surface area contributed by atoms with Crippen molar-refractivity contribution in [2.45, 2.75) is 57.4 Å². The van der Waals surface area contributed by atoms with Gasteiger partial charge in [-0.3, -0.25) is 9.59 Å². The molecule has 0 bridgehead atoms. The van der Waals surface area contributed by atoms with Crippen LogP contribution in [0, 0.1) is 5.92 Å². The molecule has 0 spiro atoms. The number of rotatable bonds is 6. The summed E-state index contributed by atoms with van der Waals surface area (Å²) in [5.41, 5.74) is 0. The van der Waals surface area contributed by atoms with Crippen LogP contribution in [0.3, 0.4) is 0 Å². The summed E-state index contributed by atoms with van der Waals surface area (Å²) >= 11 is 0. The second-order valence-corrected chi connectivity index (χ2v) is 6.07. The third kappa shape index (κ3) is 4.47. The second-order valence-electron chi connectivity index (χ2n) is 6.07. The van der Waals surface area contributed by atoms with Gasteiger partial charge in [-0.15, -0.1) is 0 Å². The van der Waals surface area contributed by atoms with E-state index in [0.717, 1.165) is 45.3 Å². The van der Waals surface area contributed by atoms with Crippen LogP contribution in [-0.2, 0) is 9.59 Å². The third-order valence-electron chi connectivity index (χ3n) is 4.57.